The molecule has 7 nitrogen and oxygen atoms in total. The van der Waals surface area contributed by atoms with Crippen LogP contribution in [-0.4, -0.2) is 18.9 Å². The number of methoxy groups -OCH3 is 1. The van der Waals surface area contributed by atoms with Crippen LogP contribution in [0.5, 0.6) is 11.5 Å². The Morgan fingerprint density at radius 1 is 1.03 bits per heavy atom. The van der Waals surface area contributed by atoms with Crippen molar-refractivity contribution in [3.8, 4) is 11.5 Å². The average Bonchev–Trinajstić information content (AvgIpc) is 3.18. The fraction of sp³-hybridized carbons (Fsp3) is 0.143. The maximum absolute atomic E-state index is 12.5. The molecule has 150 valence electrons. The second-order valence-electron chi connectivity index (χ2n) is 6.04. The lowest BCUT2D eigenvalue weighted by molar-refractivity contribution is -0.114. The van der Waals surface area contributed by atoms with E-state index >= 15 is 0 Å². The molecule has 0 spiro atoms. The number of amides is 2. The summed E-state index contributed by atoms with van der Waals surface area (Å²) < 4.78 is 16.5. The monoisotopic (exact) mass is 414 g/mol. The number of carbonyl (C=O) groups is 2. The zero-order valence-corrected chi connectivity index (χ0v) is 16.6. The Bertz CT molecular complexity index is 1030. The van der Waals surface area contributed by atoms with Gasteiger partial charge in [0.2, 0.25) is 5.91 Å². The number of carbonyl (C=O) groups excluding carboxylic acids is 2. The average molecular weight is 415 g/mol. The Kier molecular flexibility index (Phi) is 6.41. The van der Waals surface area contributed by atoms with Crippen LogP contribution in [0.2, 0.25) is 5.02 Å². The summed E-state index contributed by atoms with van der Waals surface area (Å²) >= 11 is 6.13. The zero-order valence-electron chi connectivity index (χ0n) is 15.8. The summed E-state index contributed by atoms with van der Waals surface area (Å²) in [6, 6.07) is 15.2. The molecule has 0 aliphatic heterocycles. The van der Waals surface area contributed by atoms with Crippen molar-refractivity contribution in [3.63, 3.8) is 0 Å². The molecule has 1 heterocycles. The standard InChI is InChI=1S/C21H19ClN2O5/c1-13(25)23-14-7-9-16(22)17(11-14)24-21(26)20-10-8-15(29-20)12-28-19-6-4-3-5-18(19)27-2/h3-11H,12H2,1-2H3,(H,23,25)(H,24,26). The normalized spacial score (nSPS) is 10.3. The Balaban J connectivity index is 1.66. The fourth-order valence-corrected chi connectivity index (χ4v) is 2.72. The second-order valence-corrected chi connectivity index (χ2v) is 6.44. The van der Waals surface area contributed by atoms with Gasteiger partial charge in [0.05, 0.1) is 17.8 Å². The van der Waals surface area contributed by atoms with Gasteiger partial charge in [0.15, 0.2) is 17.3 Å². The van der Waals surface area contributed by atoms with Gasteiger partial charge in [0.1, 0.15) is 12.4 Å². The highest BCUT2D eigenvalue weighted by atomic mass is 35.5. The van der Waals surface area contributed by atoms with Gasteiger partial charge in [-0.25, -0.2) is 0 Å². The summed E-state index contributed by atoms with van der Waals surface area (Å²) in [5.74, 6) is 1.04. The highest BCUT2D eigenvalue weighted by molar-refractivity contribution is 6.34. The van der Waals surface area contributed by atoms with Crippen LogP contribution in [-0.2, 0) is 11.4 Å². The van der Waals surface area contributed by atoms with Crippen molar-refractivity contribution in [1.29, 1.82) is 0 Å². The van der Waals surface area contributed by atoms with Crippen molar-refractivity contribution < 1.29 is 23.5 Å². The molecule has 0 unspecified atom stereocenters. The first-order chi connectivity index (χ1) is 14.0. The summed E-state index contributed by atoms with van der Waals surface area (Å²) in [6.45, 7) is 1.52. The van der Waals surface area contributed by atoms with Gasteiger partial charge in [-0.2, -0.15) is 0 Å². The summed E-state index contributed by atoms with van der Waals surface area (Å²) in [7, 11) is 1.56. The molecule has 0 saturated heterocycles. The van der Waals surface area contributed by atoms with Crippen LogP contribution in [0.3, 0.4) is 0 Å². The van der Waals surface area contributed by atoms with E-state index in [1.165, 1.54) is 6.92 Å². The molecule has 3 aromatic rings. The molecular formula is C21H19ClN2O5. The third-order valence-corrected chi connectivity index (χ3v) is 4.19. The van der Waals surface area contributed by atoms with E-state index in [1.807, 2.05) is 12.1 Å². The molecule has 0 fully saturated rings. The van der Waals surface area contributed by atoms with Crippen LogP contribution in [0.15, 0.2) is 59.0 Å². The van der Waals surface area contributed by atoms with Gasteiger partial charge in [-0.3, -0.25) is 9.59 Å². The van der Waals surface area contributed by atoms with Crippen molar-refractivity contribution in [2.24, 2.45) is 0 Å². The quantitative estimate of drug-likeness (QED) is 0.583. The molecule has 0 aliphatic carbocycles. The van der Waals surface area contributed by atoms with Crippen molar-refractivity contribution >= 4 is 34.8 Å². The lowest BCUT2D eigenvalue weighted by Crippen LogP contribution is -2.12. The van der Waals surface area contributed by atoms with E-state index in [1.54, 1.807) is 49.6 Å². The van der Waals surface area contributed by atoms with Crippen molar-refractivity contribution in [2.45, 2.75) is 13.5 Å². The minimum atomic E-state index is -0.476. The smallest absolute Gasteiger partial charge is 0.291 e. The summed E-state index contributed by atoms with van der Waals surface area (Å²) in [5.41, 5.74) is 0.869. The first kappa shape index (κ1) is 20.3. The molecule has 0 bridgehead atoms. The van der Waals surface area contributed by atoms with E-state index < -0.39 is 5.91 Å². The number of anilines is 2. The Morgan fingerprint density at radius 3 is 2.52 bits per heavy atom. The number of ether oxygens (including phenoxy) is 2. The molecule has 2 aromatic carbocycles. The van der Waals surface area contributed by atoms with Crippen LogP contribution in [0, 0.1) is 0 Å². The van der Waals surface area contributed by atoms with Gasteiger partial charge in [0, 0.05) is 12.6 Å². The molecular weight excluding hydrogens is 396 g/mol. The topological polar surface area (TPSA) is 89.8 Å². The zero-order chi connectivity index (χ0) is 20.8. The maximum Gasteiger partial charge on any atom is 0.291 e. The van der Waals surface area contributed by atoms with Gasteiger partial charge in [-0.15, -0.1) is 0 Å². The summed E-state index contributed by atoms with van der Waals surface area (Å²) in [6.07, 6.45) is 0. The molecule has 1 aromatic heterocycles. The Labute approximate surface area is 172 Å². The predicted octanol–water partition coefficient (Wildman–Crippen LogP) is 4.73. The Hall–Kier alpha value is -3.45. The third kappa shape index (κ3) is 5.30. The van der Waals surface area contributed by atoms with E-state index in [2.05, 4.69) is 10.6 Å². The molecule has 0 aliphatic rings. The van der Waals surface area contributed by atoms with E-state index in [4.69, 9.17) is 25.5 Å². The van der Waals surface area contributed by atoms with Gasteiger partial charge >= 0.3 is 0 Å². The van der Waals surface area contributed by atoms with Crippen LogP contribution >= 0.6 is 11.6 Å². The third-order valence-electron chi connectivity index (χ3n) is 3.86. The maximum atomic E-state index is 12.5. The minimum Gasteiger partial charge on any atom is -0.493 e. The molecule has 2 amide bonds. The molecule has 0 radical (unpaired) electrons. The van der Waals surface area contributed by atoms with Crippen LogP contribution in [0.25, 0.3) is 0 Å². The van der Waals surface area contributed by atoms with E-state index in [0.717, 1.165) is 0 Å². The number of hydrogen-bond acceptors (Lipinski definition) is 5. The number of furan rings is 1. The van der Waals surface area contributed by atoms with Crippen molar-refractivity contribution in [2.75, 3.05) is 17.7 Å². The first-order valence-corrected chi connectivity index (χ1v) is 9.07. The van der Waals surface area contributed by atoms with Gasteiger partial charge in [-0.05, 0) is 42.5 Å². The van der Waals surface area contributed by atoms with Crippen LogP contribution < -0.4 is 20.1 Å². The van der Waals surface area contributed by atoms with E-state index in [-0.39, 0.29) is 18.3 Å². The number of benzene rings is 2. The van der Waals surface area contributed by atoms with Gasteiger partial charge in [0.25, 0.3) is 5.91 Å². The van der Waals surface area contributed by atoms with Gasteiger partial charge in [-0.1, -0.05) is 23.7 Å². The van der Waals surface area contributed by atoms with Gasteiger partial charge < -0.3 is 24.5 Å². The molecule has 3 rings (SSSR count). The minimum absolute atomic E-state index is 0.102. The predicted molar refractivity (Wildman–Crippen MR) is 110 cm³/mol. The molecule has 2 N–H and O–H groups in total. The lowest BCUT2D eigenvalue weighted by atomic mass is 10.2. The number of para-hydroxylation sites is 2. The number of halogens is 1. The fourth-order valence-electron chi connectivity index (χ4n) is 2.55. The number of nitrogens with one attached hydrogen (secondary N) is 2. The van der Waals surface area contributed by atoms with E-state index in [9.17, 15) is 9.59 Å². The first-order valence-electron chi connectivity index (χ1n) is 8.69. The second kappa shape index (κ2) is 9.16. The number of rotatable bonds is 7. The van der Waals surface area contributed by atoms with Crippen molar-refractivity contribution in [3.05, 3.63) is 71.1 Å². The largest absolute Gasteiger partial charge is 0.493 e. The molecule has 8 heteroatoms. The van der Waals surface area contributed by atoms with E-state index in [0.29, 0.717) is 33.7 Å². The highest BCUT2D eigenvalue weighted by Crippen LogP contribution is 2.28. The highest BCUT2D eigenvalue weighted by Gasteiger charge is 2.14. The lowest BCUT2D eigenvalue weighted by Gasteiger charge is -2.09. The summed E-state index contributed by atoms with van der Waals surface area (Å²) in [4.78, 5) is 23.7. The molecule has 0 atom stereocenters. The SMILES string of the molecule is COc1ccccc1OCc1ccc(C(=O)Nc2cc(NC(C)=O)ccc2Cl)o1. The van der Waals surface area contributed by atoms with Crippen LogP contribution in [0.4, 0.5) is 11.4 Å². The number of hydrogen-bond donors (Lipinski definition) is 2. The molecule has 0 saturated carbocycles. The molecule has 29 heavy (non-hydrogen) atoms. The van der Waals surface area contributed by atoms with Crippen molar-refractivity contribution in [1.82, 2.24) is 0 Å². The Morgan fingerprint density at radius 2 is 1.79 bits per heavy atom. The van der Waals surface area contributed by atoms with Crippen LogP contribution in [0.1, 0.15) is 23.2 Å². The summed E-state index contributed by atoms with van der Waals surface area (Å²) in [5, 5.41) is 5.63.